The van der Waals surface area contributed by atoms with E-state index in [1.54, 1.807) is 0 Å². The molecule has 114 valence electrons. The van der Waals surface area contributed by atoms with E-state index in [1.807, 2.05) is 13.8 Å². The smallest absolute Gasteiger partial charge is 0.335 e. The zero-order valence-corrected chi connectivity index (χ0v) is 11.9. The van der Waals surface area contributed by atoms with Gasteiger partial charge >= 0.3 is 12.0 Å². The molecule has 0 atom stereocenters. The van der Waals surface area contributed by atoms with Gasteiger partial charge in [-0.15, -0.1) is 0 Å². The van der Waals surface area contributed by atoms with Gasteiger partial charge in [0.15, 0.2) is 6.61 Å². The molecule has 0 spiro atoms. The molecule has 0 radical (unpaired) electrons. The van der Waals surface area contributed by atoms with Crippen LogP contribution in [0.25, 0.3) is 0 Å². The Balaban J connectivity index is 2.41. The summed E-state index contributed by atoms with van der Waals surface area (Å²) in [6.07, 6.45) is 0. The monoisotopic (exact) mass is 294 g/mol. The molecule has 0 unspecified atom stereocenters. The molecule has 3 N–H and O–H groups in total. The highest BCUT2D eigenvalue weighted by atomic mass is 16.5. The van der Waals surface area contributed by atoms with Crippen molar-refractivity contribution in [1.29, 1.82) is 0 Å². The molecule has 0 aliphatic rings. The summed E-state index contributed by atoms with van der Waals surface area (Å²) in [5.41, 5.74) is 0.0579. The summed E-state index contributed by atoms with van der Waals surface area (Å²) in [4.78, 5) is 33.6. The number of hydrogen-bond donors (Lipinski definition) is 3. The molecule has 1 rings (SSSR count). The highest BCUT2D eigenvalue weighted by molar-refractivity contribution is 5.95. The number of carboxylic acid groups (broad SMARTS) is 1. The molecule has 0 aliphatic heterocycles. The van der Waals surface area contributed by atoms with E-state index in [0.717, 1.165) is 0 Å². The molecule has 3 amide bonds. The summed E-state index contributed by atoms with van der Waals surface area (Å²) in [5, 5.41) is 13.5. The minimum absolute atomic E-state index is 0.0579. The number of carbonyl (C=O) groups is 3. The van der Waals surface area contributed by atoms with E-state index >= 15 is 0 Å². The molecule has 1 aromatic rings. The van der Waals surface area contributed by atoms with Gasteiger partial charge in [-0.25, -0.2) is 9.59 Å². The third-order valence-corrected chi connectivity index (χ3v) is 2.37. The highest BCUT2D eigenvalue weighted by Gasteiger charge is 2.09. The number of imide groups is 1. The predicted molar refractivity (Wildman–Crippen MR) is 75.3 cm³/mol. The van der Waals surface area contributed by atoms with E-state index in [4.69, 9.17) is 9.84 Å². The molecule has 7 nitrogen and oxygen atoms in total. The van der Waals surface area contributed by atoms with Crippen molar-refractivity contribution < 1.29 is 24.2 Å². The number of nitrogens with one attached hydrogen (secondary N) is 2. The van der Waals surface area contributed by atoms with Gasteiger partial charge in [0, 0.05) is 6.54 Å². The Kier molecular flexibility index (Phi) is 6.19. The van der Waals surface area contributed by atoms with Gasteiger partial charge in [-0.1, -0.05) is 19.9 Å². The first kappa shape index (κ1) is 16.5. The molecule has 1 aromatic carbocycles. The lowest BCUT2D eigenvalue weighted by atomic mass is 10.2. The second kappa shape index (κ2) is 7.88. The molecule has 0 saturated carbocycles. The summed E-state index contributed by atoms with van der Waals surface area (Å²) >= 11 is 0. The Morgan fingerprint density at radius 2 is 2.00 bits per heavy atom. The van der Waals surface area contributed by atoms with Crippen LogP contribution >= 0.6 is 0 Å². The molecular formula is C14H18N2O5. The fourth-order valence-electron chi connectivity index (χ4n) is 1.37. The lowest BCUT2D eigenvalue weighted by Gasteiger charge is -2.09. The molecule has 0 bridgehead atoms. The standard InChI is InChI=1S/C14H18N2O5/c1-9(2)7-15-14(20)16-12(17)8-21-11-5-3-4-10(6-11)13(18)19/h3-6,9H,7-8H2,1-2H3,(H,18,19)(H2,15,16,17,20). The Bertz CT molecular complexity index is 528. The minimum Gasteiger partial charge on any atom is -0.484 e. The molecule has 0 saturated heterocycles. The van der Waals surface area contributed by atoms with Crippen molar-refractivity contribution in [2.45, 2.75) is 13.8 Å². The van der Waals surface area contributed by atoms with Crippen molar-refractivity contribution in [3.8, 4) is 5.75 Å². The van der Waals surface area contributed by atoms with Gasteiger partial charge in [-0.2, -0.15) is 0 Å². The Morgan fingerprint density at radius 1 is 1.29 bits per heavy atom. The lowest BCUT2D eigenvalue weighted by molar-refractivity contribution is -0.122. The van der Waals surface area contributed by atoms with Crippen molar-refractivity contribution in [2.24, 2.45) is 5.92 Å². The van der Waals surface area contributed by atoms with Gasteiger partial charge in [0.2, 0.25) is 0 Å². The summed E-state index contributed by atoms with van der Waals surface area (Å²) in [7, 11) is 0. The van der Waals surface area contributed by atoms with Gasteiger partial charge in [0.05, 0.1) is 5.56 Å². The van der Waals surface area contributed by atoms with Gasteiger partial charge in [-0.3, -0.25) is 10.1 Å². The van der Waals surface area contributed by atoms with Gasteiger partial charge < -0.3 is 15.2 Å². The Hall–Kier alpha value is -2.57. The first-order valence-corrected chi connectivity index (χ1v) is 6.42. The van der Waals surface area contributed by atoms with Crippen molar-refractivity contribution in [1.82, 2.24) is 10.6 Å². The fourth-order valence-corrected chi connectivity index (χ4v) is 1.37. The maximum atomic E-state index is 11.5. The Morgan fingerprint density at radius 3 is 2.62 bits per heavy atom. The molecule has 0 heterocycles. The van der Waals surface area contributed by atoms with Crippen LogP contribution in [0.4, 0.5) is 4.79 Å². The maximum Gasteiger partial charge on any atom is 0.335 e. The van der Waals surface area contributed by atoms with Crippen LogP contribution in [0.5, 0.6) is 5.75 Å². The van der Waals surface area contributed by atoms with Crippen LogP contribution in [0.3, 0.4) is 0 Å². The van der Waals surface area contributed by atoms with Crippen LogP contribution < -0.4 is 15.4 Å². The summed E-state index contributed by atoms with van der Waals surface area (Å²) < 4.78 is 5.13. The Labute approximate surface area is 122 Å². The largest absolute Gasteiger partial charge is 0.484 e. The number of urea groups is 1. The normalized spacial score (nSPS) is 10.0. The number of benzene rings is 1. The number of hydrogen-bond acceptors (Lipinski definition) is 4. The number of amides is 3. The number of carbonyl (C=O) groups excluding carboxylic acids is 2. The summed E-state index contributed by atoms with van der Waals surface area (Å²) in [5.74, 6) is -1.18. The van der Waals surface area contributed by atoms with E-state index in [1.165, 1.54) is 24.3 Å². The first-order valence-electron chi connectivity index (χ1n) is 6.42. The van der Waals surface area contributed by atoms with E-state index in [2.05, 4.69) is 10.6 Å². The van der Waals surface area contributed by atoms with E-state index in [9.17, 15) is 14.4 Å². The zero-order chi connectivity index (χ0) is 15.8. The number of ether oxygens (including phenoxy) is 1. The molecule has 0 fully saturated rings. The third-order valence-electron chi connectivity index (χ3n) is 2.37. The SMILES string of the molecule is CC(C)CNC(=O)NC(=O)COc1cccc(C(=O)O)c1. The quantitative estimate of drug-likeness (QED) is 0.732. The van der Waals surface area contributed by atoms with Gasteiger partial charge in [-0.05, 0) is 24.1 Å². The molecular weight excluding hydrogens is 276 g/mol. The molecule has 0 aromatic heterocycles. The molecule has 21 heavy (non-hydrogen) atoms. The van der Waals surface area contributed by atoms with Crippen molar-refractivity contribution in [3.05, 3.63) is 29.8 Å². The van der Waals surface area contributed by atoms with Crippen LogP contribution in [0.1, 0.15) is 24.2 Å². The van der Waals surface area contributed by atoms with Crippen LogP contribution in [-0.4, -0.2) is 36.2 Å². The van der Waals surface area contributed by atoms with E-state index in [0.29, 0.717) is 6.54 Å². The fraction of sp³-hybridized carbons (Fsp3) is 0.357. The van der Waals surface area contributed by atoms with Crippen molar-refractivity contribution >= 4 is 17.9 Å². The van der Waals surface area contributed by atoms with Crippen molar-refractivity contribution in [3.63, 3.8) is 0 Å². The molecule has 7 heteroatoms. The van der Waals surface area contributed by atoms with E-state index < -0.39 is 17.9 Å². The average molecular weight is 294 g/mol. The zero-order valence-electron chi connectivity index (χ0n) is 11.9. The molecule has 0 aliphatic carbocycles. The van der Waals surface area contributed by atoms with E-state index in [-0.39, 0.29) is 23.8 Å². The van der Waals surface area contributed by atoms with Crippen molar-refractivity contribution in [2.75, 3.05) is 13.2 Å². The third kappa shape index (κ3) is 6.42. The lowest BCUT2D eigenvalue weighted by Crippen LogP contribution is -2.42. The second-order valence-corrected chi connectivity index (χ2v) is 4.77. The van der Waals surface area contributed by atoms with Crippen LogP contribution in [0.2, 0.25) is 0 Å². The number of rotatable bonds is 6. The van der Waals surface area contributed by atoms with Crippen LogP contribution in [-0.2, 0) is 4.79 Å². The highest BCUT2D eigenvalue weighted by Crippen LogP contribution is 2.12. The van der Waals surface area contributed by atoms with Crippen LogP contribution in [0.15, 0.2) is 24.3 Å². The maximum absolute atomic E-state index is 11.5. The summed E-state index contributed by atoms with van der Waals surface area (Å²) in [6, 6.07) is 5.16. The summed E-state index contributed by atoms with van der Waals surface area (Å²) in [6.45, 7) is 3.94. The topological polar surface area (TPSA) is 105 Å². The van der Waals surface area contributed by atoms with Gasteiger partial charge in [0.1, 0.15) is 5.75 Å². The average Bonchev–Trinajstić information content (AvgIpc) is 2.43. The van der Waals surface area contributed by atoms with Crippen LogP contribution in [0, 0.1) is 5.92 Å². The number of carboxylic acids is 1. The minimum atomic E-state index is -1.09. The van der Waals surface area contributed by atoms with Gasteiger partial charge in [0.25, 0.3) is 5.91 Å². The predicted octanol–water partition coefficient (Wildman–Crippen LogP) is 1.25. The first-order chi connectivity index (χ1) is 9.88. The number of aromatic carboxylic acids is 1. The second-order valence-electron chi connectivity index (χ2n) is 4.77.